The van der Waals surface area contributed by atoms with Crippen molar-refractivity contribution in [1.82, 2.24) is 4.90 Å². The van der Waals surface area contributed by atoms with Crippen LogP contribution in [0.4, 0.5) is 0 Å². The van der Waals surface area contributed by atoms with Gasteiger partial charge in [-0.05, 0) is 28.8 Å². The van der Waals surface area contributed by atoms with Crippen molar-refractivity contribution in [3.8, 4) is 28.4 Å². The Balaban J connectivity index is 1.79. The fourth-order valence-electron chi connectivity index (χ4n) is 3.36. The summed E-state index contributed by atoms with van der Waals surface area (Å²) >= 11 is 0. The van der Waals surface area contributed by atoms with Crippen LogP contribution in [0.25, 0.3) is 17.2 Å². The highest BCUT2D eigenvalue weighted by Crippen LogP contribution is 2.35. The third kappa shape index (κ3) is 5.25. The van der Waals surface area contributed by atoms with Crippen LogP contribution in [-0.4, -0.2) is 39.2 Å². The molecule has 3 rings (SSSR count). The zero-order valence-electron chi connectivity index (χ0n) is 18.3. The Bertz CT molecular complexity index is 1060. The minimum Gasteiger partial charge on any atom is -0.496 e. The molecule has 1 amide bonds. The fourth-order valence-corrected chi connectivity index (χ4v) is 3.36. The van der Waals surface area contributed by atoms with Gasteiger partial charge in [-0.2, -0.15) is 0 Å². The maximum Gasteiger partial charge on any atom is 0.246 e. The Kier molecular flexibility index (Phi) is 7.33. The lowest BCUT2D eigenvalue weighted by Crippen LogP contribution is -2.24. The molecule has 0 heterocycles. The average Bonchev–Trinajstić information content (AvgIpc) is 2.82. The van der Waals surface area contributed by atoms with Crippen LogP contribution in [0.2, 0.25) is 0 Å². The molecule has 0 N–H and O–H groups in total. The first kappa shape index (κ1) is 22.0. The maximum atomic E-state index is 12.8. The molecule has 0 spiro atoms. The summed E-state index contributed by atoms with van der Waals surface area (Å²) in [5.41, 5.74) is 4.06. The predicted octanol–water partition coefficient (Wildman–Crippen LogP) is 5.05. The van der Waals surface area contributed by atoms with Crippen LogP contribution in [-0.2, 0) is 11.3 Å². The number of ether oxygens (including phenoxy) is 3. The molecule has 0 unspecified atom stereocenters. The van der Waals surface area contributed by atoms with E-state index in [1.807, 2.05) is 36.4 Å². The van der Waals surface area contributed by atoms with Crippen LogP contribution < -0.4 is 14.2 Å². The molecule has 0 aliphatic carbocycles. The largest absolute Gasteiger partial charge is 0.496 e. The van der Waals surface area contributed by atoms with Gasteiger partial charge in [-0.15, -0.1) is 0 Å². The molecule has 3 aromatic rings. The number of methoxy groups -OCH3 is 3. The summed E-state index contributed by atoms with van der Waals surface area (Å²) in [6.45, 7) is 0.497. The number of hydrogen-bond donors (Lipinski definition) is 0. The molecule has 0 saturated heterocycles. The standard InChI is InChI=1S/C26H27NO4/c1-27(18-21-12-8-9-13-22(21)19-10-6-5-7-11-19)26(28)15-14-20-16-24(30-3)25(31-4)17-23(20)29-2/h5-17H,18H2,1-4H3. The molecule has 0 aromatic heterocycles. The molecule has 0 aliphatic heterocycles. The topological polar surface area (TPSA) is 48.0 Å². The van der Waals surface area contributed by atoms with Crippen molar-refractivity contribution in [3.63, 3.8) is 0 Å². The van der Waals surface area contributed by atoms with Crippen LogP contribution in [0, 0.1) is 0 Å². The van der Waals surface area contributed by atoms with Crippen LogP contribution in [0.15, 0.2) is 72.8 Å². The van der Waals surface area contributed by atoms with E-state index in [1.165, 1.54) is 6.08 Å². The lowest BCUT2D eigenvalue weighted by atomic mass is 9.99. The molecule has 160 valence electrons. The number of amides is 1. The van der Waals surface area contributed by atoms with Gasteiger partial charge in [0.25, 0.3) is 0 Å². The van der Waals surface area contributed by atoms with Crippen LogP contribution in [0.5, 0.6) is 17.2 Å². The zero-order chi connectivity index (χ0) is 22.2. The van der Waals surface area contributed by atoms with E-state index < -0.39 is 0 Å². The Morgan fingerprint density at radius 2 is 1.45 bits per heavy atom. The number of carbonyl (C=O) groups is 1. The van der Waals surface area contributed by atoms with E-state index in [0.717, 1.165) is 22.3 Å². The molecular weight excluding hydrogens is 390 g/mol. The second kappa shape index (κ2) is 10.3. The quantitative estimate of drug-likeness (QED) is 0.481. The van der Waals surface area contributed by atoms with Gasteiger partial charge in [-0.3, -0.25) is 4.79 Å². The van der Waals surface area contributed by atoms with Crippen molar-refractivity contribution >= 4 is 12.0 Å². The average molecular weight is 418 g/mol. The first-order chi connectivity index (χ1) is 15.1. The van der Waals surface area contributed by atoms with Gasteiger partial charge in [0.15, 0.2) is 11.5 Å². The molecule has 5 heteroatoms. The van der Waals surface area contributed by atoms with Gasteiger partial charge in [0, 0.05) is 31.3 Å². The minimum atomic E-state index is -0.111. The van der Waals surface area contributed by atoms with E-state index in [9.17, 15) is 4.79 Å². The SMILES string of the molecule is COc1cc(OC)c(OC)cc1C=CC(=O)N(C)Cc1ccccc1-c1ccccc1. The van der Waals surface area contributed by atoms with Gasteiger partial charge in [0.2, 0.25) is 5.91 Å². The predicted molar refractivity (Wildman–Crippen MR) is 123 cm³/mol. The van der Waals surface area contributed by atoms with E-state index in [0.29, 0.717) is 23.8 Å². The summed E-state index contributed by atoms with van der Waals surface area (Å²) < 4.78 is 16.1. The van der Waals surface area contributed by atoms with E-state index in [-0.39, 0.29) is 5.91 Å². The Morgan fingerprint density at radius 3 is 2.13 bits per heavy atom. The van der Waals surface area contributed by atoms with Crippen molar-refractivity contribution < 1.29 is 19.0 Å². The normalized spacial score (nSPS) is 10.7. The van der Waals surface area contributed by atoms with E-state index in [1.54, 1.807) is 51.5 Å². The molecule has 31 heavy (non-hydrogen) atoms. The maximum absolute atomic E-state index is 12.8. The molecule has 5 nitrogen and oxygen atoms in total. The van der Waals surface area contributed by atoms with Gasteiger partial charge in [0.1, 0.15) is 5.75 Å². The Hall–Kier alpha value is -3.73. The molecule has 0 atom stereocenters. The zero-order valence-corrected chi connectivity index (χ0v) is 18.3. The Morgan fingerprint density at radius 1 is 0.839 bits per heavy atom. The number of hydrogen-bond acceptors (Lipinski definition) is 4. The second-order valence-electron chi connectivity index (χ2n) is 7.00. The highest BCUT2D eigenvalue weighted by atomic mass is 16.5. The van der Waals surface area contributed by atoms with Crippen molar-refractivity contribution in [2.24, 2.45) is 0 Å². The van der Waals surface area contributed by atoms with Crippen molar-refractivity contribution in [1.29, 1.82) is 0 Å². The number of benzene rings is 3. The summed E-state index contributed by atoms with van der Waals surface area (Å²) in [4.78, 5) is 14.5. The number of likely N-dealkylation sites (N-methyl/N-ethyl adjacent to an activating group) is 1. The van der Waals surface area contributed by atoms with Crippen molar-refractivity contribution in [2.75, 3.05) is 28.4 Å². The number of nitrogens with zero attached hydrogens (tertiary/aromatic N) is 1. The summed E-state index contributed by atoms with van der Waals surface area (Å²) in [6, 6.07) is 21.8. The molecule has 0 saturated carbocycles. The molecule has 0 radical (unpaired) electrons. The number of rotatable bonds is 8. The van der Waals surface area contributed by atoms with Gasteiger partial charge >= 0.3 is 0 Å². The van der Waals surface area contributed by atoms with Gasteiger partial charge < -0.3 is 19.1 Å². The first-order valence-corrected chi connectivity index (χ1v) is 9.94. The molecule has 0 aliphatic rings. The van der Waals surface area contributed by atoms with Crippen molar-refractivity contribution in [2.45, 2.75) is 6.54 Å². The monoisotopic (exact) mass is 417 g/mol. The molecule has 0 bridgehead atoms. The van der Waals surface area contributed by atoms with Crippen molar-refractivity contribution in [3.05, 3.63) is 83.9 Å². The summed E-state index contributed by atoms with van der Waals surface area (Å²) in [6.07, 6.45) is 3.26. The van der Waals surface area contributed by atoms with Crippen LogP contribution >= 0.6 is 0 Å². The Labute approximate surface area is 183 Å². The van der Waals surface area contributed by atoms with E-state index in [4.69, 9.17) is 14.2 Å². The van der Waals surface area contributed by atoms with Crippen LogP contribution in [0.1, 0.15) is 11.1 Å². The van der Waals surface area contributed by atoms with Crippen LogP contribution in [0.3, 0.4) is 0 Å². The summed E-state index contributed by atoms with van der Waals surface area (Å²) in [7, 11) is 6.51. The minimum absolute atomic E-state index is 0.111. The highest BCUT2D eigenvalue weighted by molar-refractivity contribution is 5.92. The first-order valence-electron chi connectivity index (χ1n) is 9.94. The van der Waals surface area contributed by atoms with E-state index in [2.05, 4.69) is 18.2 Å². The lowest BCUT2D eigenvalue weighted by molar-refractivity contribution is -0.125. The van der Waals surface area contributed by atoms with Gasteiger partial charge in [-0.1, -0.05) is 54.6 Å². The van der Waals surface area contributed by atoms with Gasteiger partial charge in [0.05, 0.1) is 21.3 Å². The summed E-state index contributed by atoms with van der Waals surface area (Å²) in [5, 5.41) is 0. The molecule has 0 fully saturated rings. The lowest BCUT2D eigenvalue weighted by Gasteiger charge is -2.18. The third-order valence-corrected chi connectivity index (χ3v) is 5.03. The number of carbonyl (C=O) groups excluding carboxylic acids is 1. The third-order valence-electron chi connectivity index (χ3n) is 5.03. The highest BCUT2D eigenvalue weighted by Gasteiger charge is 2.13. The van der Waals surface area contributed by atoms with Gasteiger partial charge in [-0.25, -0.2) is 0 Å². The van der Waals surface area contributed by atoms with E-state index >= 15 is 0 Å². The smallest absolute Gasteiger partial charge is 0.246 e. The fraction of sp³-hybridized carbons (Fsp3) is 0.192. The summed E-state index contributed by atoms with van der Waals surface area (Å²) in [5.74, 6) is 1.62. The molecular formula is C26H27NO4. The second-order valence-corrected chi connectivity index (χ2v) is 7.00. The molecule has 3 aromatic carbocycles.